The fraction of sp³-hybridized carbons (Fsp3) is 0.214. The molecule has 6 nitrogen and oxygen atoms in total. The van der Waals surface area contributed by atoms with Crippen LogP contribution in [0, 0.1) is 0 Å². The molecule has 0 unspecified atom stereocenters. The number of rotatable bonds is 2. The van der Waals surface area contributed by atoms with Crippen molar-refractivity contribution in [2.45, 2.75) is 19.3 Å². The maximum absolute atomic E-state index is 11.9. The number of aromatic nitrogens is 1. The van der Waals surface area contributed by atoms with Gasteiger partial charge in [-0.05, 0) is 31.5 Å². The SMILES string of the molecule is CC1(C)C(=O)Nc2ccc(-c3cc(C(=O)O)on3)cc21. The topological polar surface area (TPSA) is 92.4 Å². The van der Waals surface area contributed by atoms with Gasteiger partial charge in [0, 0.05) is 17.3 Å². The summed E-state index contributed by atoms with van der Waals surface area (Å²) in [5, 5.41) is 15.4. The van der Waals surface area contributed by atoms with E-state index in [1.807, 2.05) is 19.9 Å². The van der Waals surface area contributed by atoms with Gasteiger partial charge in [0.05, 0.1) is 5.41 Å². The van der Waals surface area contributed by atoms with Gasteiger partial charge in [-0.2, -0.15) is 0 Å². The number of hydrogen-bond donors (Lipinski definition) is 2. The zero-order valence-electron chi connectivity index (χ0n) is 10.9. The number of hydrogen-bond acceptors (Lipinski definition) is 4. The van der Waals surface area contributed by atoms with Gasteiger partial charge in [0.2, 0.25) is 11.7 Å². The zero-order chi connectivity index (χ0) is 14.5. The molecule has 6 heteroatoms. The molecular formula is C14H12N2O4. The van der Waals surface area contributed by atoms with E-state index in [0.717, 1.165) is 11.3 Å². The van der Waals surface area contributed by atoms with E-state index in [4.69, 9.17) is 9.63 Å². The average Bonchev–Trinajstić information content (AvgIpc) is 2.95. The van der Waals surface area contributed by atoms with Crippen LogP contribution in [0.15, 0.2) is 28.8 Å². The second-order valence-corrected chi connectivity index (χ2v) is 5.22. The van der Waals surface area contributed by atoms with Gasteiger partial charge >= 0.3 is 5.97 Å². The Morgan fingerprint density at radius 2 is 2.10 bits per heavy atom. The molecule has 2 N–H and O–H groups in total. The van der Waals surface area contributed by atoms with Crippen LogP contribution in [0.25, 0.3) is 11.3 Å². The molecule has 0 bridgehead atoms. The fourth-order valence-corrected chi connectivity index (χ4v) is 2.24. The normalized spacial score (nSPS) is 15.8. The van der Waals surface area contributed by atoms with Crippen molar-refractivity contribution in [2.24, 2.45) is 0 Å². The number of amides is 1. The molecule has 0 radical (unpaired) electrons. The molecule has 2 aromatic rings. The molecule has 1 amide bonds. The smallest absolute Gasteiger partial charge is 0.374 e. The highest BCUT2D eigenvalue weighted by Crippen LogP contribution is 2.39. The van der Waals surface area contributed by atoms with E-state index in [1.54, 1.807) is 12.1 Å². The molecule has 0 fully saturated rings. The second-order valence-electron chi connectivity index (χ2n) is 5.22. The van der Waals surface area contributed by atoms with E-state index in [1.165, 1.54) is 6.07 Å². The van der Waals surface area contributed by atoms with Crippen molar-refractivity contribution in [2.75, 3.05) is 5.32 Å². The molecule has 102 valence electrons. The molecule has 1 aromatic heterocycles. The molecular weight excluding hydrogens is 260 g/mol. The Labute approximate surface area is 114 Å². The standard InChI is InChI=1S/C14H12N2O4/c1-14(2)8-5-7(3-4-9(8)15-13(14)19)10-6-11(12(17)18)20-16-10/h3-6H,1-2H3,(H,15,19)(H,17,18). The Kier molecular flexibility index (Phi) is 2.44. The van der Waals surface area contributed by atoms with Crippen LogP contribution in [0.2, 0.25) is 0 Å². The highest BCUT2D eigenvalue weighted by Gasteiger charge is 2.38. The number of carbonyl (C=O) groups is 2. The van der Waals surface area contributed by atoms with E-state index in [-0.39, 0.29) is 11.7 Å². The van der Waals surface area contributed by atoms with Crippen molar-refractivity contribution >= 4 is 17.6 Å². The van der Waals surface area contributed by atoms with Crippen LogP contribution in [-0.4, -0.2) is 22.1 Å². The zero-order valence-corrected chi connectivity index (χ0v) is 10.9. The van der Waals surface area contributed by atoms with E-state index in [0.29, 0.717) is 11.3 Å². The third-order valence-corrected chi connectivity index (χ3v) is 3.53. The highest BCUT2D eigenvalue weighted by atomic mass is 16.5. The summed E-state index contributed by atoms with van der Waals surface area (Å²) in [6.07, 6.45) is 0. The van der Waals surface area contributed by atoms with Crippen LogP contribution >= 0.6 is 0 Å². The van der Waals surface area contributed by atoms with Gasteiger partial charge in [0.25, 0.3) is 0 Å². The first kappa shape index (κ1) is 12.4. The number of aromatic carboxylic acids is 1. The molecule has 1 aliphatic rings. The van der Waals surface area contributed by atoms with Crippen molar-refractivity contribution in [3.8, 4) is 11.3 Å². The van der Waals surface area contributed by atoms with Gasteiger partial charge in [-0.1, -0.05) is 11.2 Å². The molecule has 0 saturated heterocycles. The summed E-state index contributed by atoms with van der Waals surface area (Å²) in [6.45, 7) is 3.67. The highest BCUT2D eigenvalue weighted by molar-refractivity contribution is 6.06. The minimum absolute atomic E-state index is 0.0592. The summed E-state index contributed by atoms with van der Waals surface area (Å²) >= 11 is 0. The maximum Gasteiger partial charge on any atom is 0.374 e. The monoisotopic (exact) mass is 272 g/mol. The van der Waals surface area contributed by atoms with Crippen LogP contribution < -0.4 is 5.32 Å². The summed E-state index contributed by atoms with van der Waals surface area (Å²) in [4.78, 5) is 22.7. The summed E-state index contributed by atoms with van der Waals surface area (Å²) in [7, 11) is 0. The van der Waals surface area contributed by atoms with Crippen molar-refractivity contribution in [1.82, 2.24) is 5.16 Å². The van der Waals surface area contributed by atoms with Gasteiger partial charge < -0.3 is 14.9 Å². The van der Waals surface area contributed by atoms with Crippen LogP contribution in [0.3, 0.4) is 0 Å². The lowest BCUT2D eigenvalue weighted by atomic mass is 9.85. The number of carbonyl (C=O) groups excluding carboxylic acids is 1. The molecule has 0 saturated carbocycles. The summed E-state index contributed by atoms with van der Waals surface area (Å²) in [5.41, 5.74) is 2.15. The third-order valence-electron chi connectivity index (χ3n) is 3.53. The van der Waals surface area contributed by atoms with Crippen LogP contribution in [-0.2, 0) is 10.2 Å². The number of nitrogens with zero attached hydrogens (tertiary/aromatic N) is 1. The molecule has 0 atom stereocenters. The minimum Gasteiger partial charge on any atom is -0.475 e. The number of anilines is 1. The maximum atomic E-state index is 11.9. The molecule has 1 aliphatic heterocycles. The summed E-state index contributed by atoms with van der Waals surface area (Å²) in [6, 6.07) is 6.74. The molecule has 0 spiro atoms. The van der Waals surface area contributed by atoms with Crippen LogP contribution in [0.4, 0.5) is 5.69 Å². The summed E-state index contributed by atoms with van der Waals surface area (Å²) in [5.74, 6) is -1.44. The molecule has 20 heavy (non-hydrogen) atoms. The summed E-state index contributed by atoms with van der Waals surface area (Å²) < 4.78 is 4.74. The second kappa shape index (κ2) is 3.93. The van der Waals surface area contributed by atoms with Gasteiger partial charge in [0.1, 0.15) is 5.69 Å². The van der Waals surface area contributed by atoms with E-state index in [9.17, 15) is 9.59 Å². The first-order chi connectivity index (χ1) is 9.39. The molecule has 1 aromatic carbocycles. The van der Waals surface area contributed by atoms with E-state index in [2.05, 4.69) is 10.5 Å². The van der Waals surface area contributed by atoms with Crippen molar-refractivity contribution < 1.29 is 19.2 Å². The van der Waals surface area contributed by atoms with Gasteiger partial charge in [-0.3, -0.25) is 4.79 Å². The first-order valence-electron chi connectivity index (χ1n) is 6.06. The van der Waals surface area contributed by atoms with Crippen LogP contribution in [0.5, 0.6) is 0 Å². The third kappa shape index (κ3) is 1.69. The fourth-order valence-electron chi connectivity index (χ4n) is 2.24. The Morgan fingerprint density at radius 1 is 1.35 bits per heavy atom. The van der Waals surface area contributed by atoms with Gasteiger partial charge in [0.15, 0.2) is 0 Å². The number of carboxylic acid groups (broad SMARTS) is 1. The predicted molar refractivity (Wildman–Crippen MR) is 70.6 cm³/mol. The lowest BCUT2D eigenvalue weighted by molar-refractivity contribution is -0.119. The quantitative estimate of drug-likeness (QED) is 0.874. The minimum atomic E-state index is -1.16. The molecule has 2 heterocycles. The van der Waals surface area contributed by atoms with Gasteiger partial charge in [-0.25, -0.2) is 4.79 Å². The Bertz CT molecular complexity index is 731. The Balaban J connectivity index is 2.07. The van der Waals surface area contributed by atoms with Crippen molar-refractivity contribution in [3.63, 3.8) is 0 Å². The first-order valence-corrected chi connectivity index (χ1v) is 6.06. The number of carboxylic acids is 1. The Hall–Kier alpha value is -2.63. The van der Waals surface area contributed by atoms with Crippen LogP contribution in [0.1, 0.15) is 30.0 Å². The number of nitrogens with one attached hydrogen (secondary N) is 1. The average molecular weight is 272 g/mol. The molecule has 0 aliphatic carbocycles. The Morgan fingerprint density at radius 3 is 2.75 bits per heavy atom. The number of benzene rings is 1. The van der Waals surface area contributed by atoms with E-state index >= 15 is 0 Å². The van der Waals surface area contributed by atoms with Gasteiger partial charge in [-0.15, -0.1) is 0 Å². The van der Waals surface area contributed by atoms with Crippen molar-refractivity contribution in [1.29, 1.82) is 0 Å². The largest absolute Gasteiger partial charge is 0.475 e. The lowest BCUT2D eigenvalue weighted by Gasteiger charge is -2.15. The molecule has 3 rings (SSSR count). The van der Waals surface area contributed by atoms with E-state index < -0.39 is 11.4 Å². The lowest BCUT2D eigenvalue weighted by Crippen LogP contribution is -2.26. The van der Waals surface area contributed by atoms with Crippen molar-refractivity contribution in [3.05, 3.63) is 35.6 Å². The number of fused-ring (bicyclic) bond motifs is 1. The predicted octanol–water partition coefficient (Wildman–Crippen LogP) is 2.27.